The lowest BCUT2D eigenvalue weighted by molar-refractivity contribution is 0.0956. The van der Waals surface area contributed by atoms with Crippen LogP contribution in [0.1, 0.15) is 10.4 Å². The van der Waals surface area contributed by atoms with Crippen molar-refractivity contribution < 1.29 is 4.79 Å². The third-order valence-electron chi connectivity index (χ3n) is 4.13. The molecule has 1 amide bonds. The molecular formula is C20H17N5OS. The molecule has 2 aromatic heterocycles. The predicted molar refractivity (Wildman–Crippen MR) is 107 cm³/mol. The Morgan fingerprint density at radius 1 is 1.15 bits per heavy atom. The van der Waals surface area contributed by atoms with E-state index < -0.39 is 0 Å². The second kappa shape index (κ2) is 8.01. The molecule has 7 heteroatoms. The fourth-order valence-electron chi connectivity index (χ4n) is 2.88. The average molecular weight is 375 g/mol. The van der Waals surface area contributed by atoms with Gasteiger partial charge in [-0.1, -0.05) is 42.1 Å². The van der Waals surface area contributed by atoms with Crippen LogP contribution in [-0.4, -0.2) is 38.4 Å². The first-order chi connectivity index (χ1) is 13.3. The number of rotatable bonds is 6. The normalized spacial score (nSPS) is 10.8. The van der Waals surface area contributed by atoms with Crippen LogP contribution in [0.4, 0.5) is 0 Å². The van der Waals surface area contributed by atoms with Gasteiger partial charge in [-0.05, 0) is 34.5 Å². The van der Waals surface area contributed by atoms with Crippen LogP contribution in [-0.2, 0) is 0 Å². The molecule has 4 aromatic rings. The number of hydrogen-bond donors (Lipinski definition) is 2. The average Bonchev–Trinajstić information content (AvgIpc) is 3.24. The van der Waals surface area contributed by atoms with Gasteiger partial charge in [0.05, 0.1) is 0 Å². The summed E-state index contributed by atoms with van der Waals surface area (Å²) in [6.45, 7) is 0.554. The molecule has 0 unspecified atom stereocenters. The Bertz CT molecular complexity index is 1050. The zero-order chi connectivity index (χ0) is 18.5. The van der Waals surface area contributed by atoms with Gasteiger partial charge in [0.15, 0.2) is 5.16 Å². The van der Waals surface area contributed by atoms with Crippen molar-refractivity contribution in [1.82, 2.24) is 25.5 Å². The molecule has 0 saturated carbocycles. The van der Waals surface area contributed by atoms with Crippen LogP contribution in [0.25, 0.3) is 21.9 Å². The van der Waals surface area contributed by atoms with E-state index >= 15 is 0 Å². The Hall–Kier alpha value is -3.19. The third-order valence-corrected chi connectivity index (χ3v) is 5.01. The Morgan fingerprint density at radius 2 is 2.11 bits per heavy atom. The topological polar surface area (TPSA) is 83.6 Å². The van der Waals surface area contributed by atoms with Crippen LogP contribution < -0.4 is 5.32 Å². The van der Waals surface area contributed by atoms with Crippen molar-refractivity contribution in [3.63, 3.8) is 0 Å². The number of aromatic nitrogens is 4. The van der Waals surface area contributed by atoms with Crippen LogP contribution in [0.5, 0.6) is 0 Å². The van der Waals surface area contributed by atoms with Gasteiger partial charge in [-0.3, -0.25) is 14.9 Å². The first-order valence-electron chi connectivity index (χ1n) is 8.51. The minimum atomic E-state index is -0.0816. The minimum Gasteiger partial charge on any atom is -0.351 e. The largest absolute Gasteiger partial charge is 0.351 e. The van der Waals surface area contributed by atoms with Crippen LogP contribution in [0.15, 0.2) is 72.4 Å². The van der Waals surface area contributed by atoms with E-state index in [-0.39, 0.29) is 5.91 Å². The zero-order valence-corrected chi connectivity index (χ0v) is 15.2. The molecule has 27 heavy (non-hydrogen) atoms. The van der Waals surface area contributed by atoms with Gasteiger partial charge in [-0.25, -0.2) is 4.98 Å². The highest BCUT2D eigenvalue weighted by molar-refractivity contribution is 7.99. The molecule has 134 valence electrons. The Morgan fingerprint density at radius 3 is 2.93 bits per heavy atom. The molecule has 0 fully saturated rings. The number of carbonyl (C=O) groups is 1. The summed E-state index contributed by atoms with van der Waals surface area (Å²) in [5.74, 6) is 0.640. The van der Waals surface area contributed by atoms with Gasteiger partial charge < -0.3 is 5.32 Å². The molecule has 0 atom stereocenters. The van der Waals surface area contributed by atoms with Crippen molar-refractivity contribution in [1.29, 1.82) is 0 Å². The van der Waals surface area contributed by atoms with E-state index in [0.29, 0.717) is 12.1 Å². The molecule has 0 bridgehead atoms. The number of hydrogen-bond acceptors (Lipinski definition) is 5. The Kier molecular flexibility index (Phi) is 5.11. The smallest absolute Gasteiger partial charge is 0.251 e. The summed E-state index contributed by atoms with van der Waals surface area (Å²) in [6.07, 6.45) is 5.08. The molecule has 0 aliphatic carbocycles. The SMILES string of the molecule is O=C(NCCSc1ncn[nH]1)c1ccc2c(-c3cccnc3)cccc2c1. The van der Waals surface area contributed by atoms with E-state index in [0.717, 1.165) is 32.8 Å². The van der Waals surface area contributed by atoms with E-state index in [2.05, 4.69) is 31.5 Å². The second-order valence-electron chi connectivity index (χ2n) is 5.88. The van der Waals surface area contributed by atoms with Crippen LogP contribution in [0.3, 0.4) is 0 Å². The van der Waals surface area contributed by atoms with Crippen LogP contribution >= 0.6 is 11.8 Å². The number of amides is 1. The standard InChI is InChI=1S/C20H17N5OS/c26-19(22-9-10-27-20-23-13-24-25-20)15-6-7-18-14(11-15)3-1-5-17(18)16-4-2-8-21-12-16/h1-8,11-13H,9-10H2,(H,22,26)(H,23,24,25). The summed E-state index contributed by atoms with van der Waals surface area (Å²) in [5, 5.41) is 12.4. The number of H-pyrrole nitrogens is 1. The van der Waals surface area contributed by atoms with Crippen molar-refractivity contribution in [3.8, 4) is 11.1 Å². The quantitative estimate of drug-likeness (QED) is 0.398. The lowest BCUT2D eigenvalue weighted by Crippen LogP contribution is -2.25. The number of nitrogens with one attached hydrogen (secondary N) is 2. The first kappa shape index (κ1) is 17.2. The third kappa shape index (κ3) is 3.98. The van der Waals surface area contributed by atoms with Gasteiger partial charge in [0, 0.05) is 35.8 Å². The van der Waals surface area contributed by atoms with Crippen molar-refractivity contribution in [2.75, 3.05) is 12.3 Å². The molecule has 2 N–H and O–H groups in total. The fraction of sp³-hybridized carbons (Fsp3) is 0.100. The maximum Gasteiger partial charge on any atom is 0.251 e. The lowest BCUT2D eigenvalue weighted by Gasteiger charge is -2.09. The molecule has 0 aliphatic heterocycles. The summed E-state index contributed by atoms with van der Waals surface area (Å²) in [6, 6.07) is 15.8. The second-order valence-corrected chi connectivity index (χ2v) is 6.96. The maximum atomic E-state index is 12.4. The van der Waals surface area contributed by atoms with Gasteiger partial charge in [-0.2, -0.15) is 5.10 Å². The molecule has 0 saturated heterocycles. The number of thioether (sulfide) groups is 1. The van der Waals surface area contributed by atoms with Crippen molar-refractivity contribution in [2.45, 2.75) is 5.16 Å². The van der Waals surface area contributed by atoms with E-state index in [1.807, 2.05) is 48.7 Å². The molecule has 0 spiro atoms. The summed E-state index contributed by atoms with van der Waals surface area (Å²) in [4.78, 5) is 20.7. The molecule has 2 heterocycles. The molecule has 6 nitrogen and oxygen atoms in total. The molecule has 4 rings (SSSR count). The van der Waals surface area contributed by atoms with Crippen LogP contribution in [0, 0.1) is 0 Å². The lowest BCUT2D eigenvalue weighted by atomic mass is 9.98. The highest BCUT2D eigenvalue weighted by Crippen LogP contribution is 2.28. The molecule has 0 aliphatic rings. The zero-order valence-electron chi connectivity index (χ0n) is 14.4. The van der Waals surface area contributed by atoms with Gasteiger partial charge in [0.25, 0.3) is 5.91 Å². The van der Waals surface area contributed by atoms with Crippen molar-refractivity contribution in [3.05, 3.63) is 72.8 Å². The van der Waals surface area contributed by atoms with E-state index in [1.165, 1.54) is 18.1 Å². The van der Waals surface area contributed by atoms with Gasteiger partial charge in [0.2, 0.25) is 0 Å². The van der Waals surface area contributed by atoms with Gasteiger partial charge in [0.1, 0.15) is 6.33 Å². The van der Waals surface area contributed by atoms with E-state index in [4.69, 9.17) is 0 Å². The molecular weight excluding hydrogens is 358 g/mol. The van der Waals surface area contributed by atoms with Crippen molar-refractivity contribution in [2.24, 2.45) is 0 Å². The minimum absolute atomic E-state index is 0.0816. The predicted octanol–water partition coefficient (Wildman–Crippen LogP) is 3.54. The number of pyridine rings is 1. The Labute approximate surface area is 160 Å². The Balaban J connectivity index is 1.47. The van der Waals surface area contributed by atoms with Crippen LogP contribution in [0.2, 0.25) is 0 Å². The summed E-state index contributed by atoms with van der Waals surface area (Å²) in [5.41, 5.74) is 2.82. The number of nitrogens with zero attached hydrogens (tertiary/aromatic N) is 3. The van der Waals surface area contributed by atoms with E-state index in [9.17, 15) is 4.79 Å². The summed E-state index contributed by atoms with van der Waals surface area (Å²) < 4.78 is 0. The number of benzene rings is 2. The van der Waals surface area contributed by atoms with Gasteiger partial charge >= 0.3 is 0 Å². The number of aromatic amines is 1. The van der Waals surface area contributed by atoms with Crippen molar-refractivity contribution >= 4 is 28.4 Å². The highest BCUT2D eigenvalue weighted by Gasteiger charge is 2.09. The summed E-state index contributed by atoms with van der Waals surface area (Å²) in [7, 11) is 0. The van der Waals surface area contributed by atoms with Gasteiger partial charge in [-0.15, -0.1) is 0 Å². The summed E-state index contributed by atoms with van der Waals surface area (Å²) >= 11 is 1.52. The maximum absolute atomic E-state index is 12.4. The number of fused-ring (bicyclic) bond motifs is 1. The molecule has 2 aromatic carbocycles. The van der Waals surface area contributed by atoms with E-state index in [1.54, 1.807) is 6.20 Å². The molecule has 0 radical (unpaired) electrons. The monoisotopic (exact) mass is 375 g/mol. The number of carbonyl (C=O) groups excluding carboxylic acids is 1. The highest BCUT2D eigenvalue weighted by atomic mass is 32.2. The fourth-order valence-corrected chi connectivity index (χ4v) is 3.51. The first-order valence-corrected chi connectivity index (χ1v) is 9.49.